The molecule has 0 unspecified atom stereocenters. The van der Waals surface area contributed by atoms with Crippen molar-refractivity contribution in [2.45, 2.75) is 31.7 Å². The summed E-state index contributed by atoms with van der Waals surface area (Å²) in [6.45, 7) is 0.267. The quantitative estimate of drug-likeness (QED) is 0.481. The number of nitrogens with zero attached hydrogens (tertiary/aromatic N) is 1. The van der Waals surface area contributed by atoms with Crippen molar-refractivity contribution in [2.75, 3.05) is 20.7 Å². The fourth-order valence-electron chi connectivity index (χ4n) is 1.47. The number of urea groups is 1. The molecule has 0 aromatic carbocycles. The van der Waals surface area contributed by atoms with Gasteiger partial charge in [0.2, 0.25) is 5.91 Å². The smallest absolute Gasteiger partial charge is 0.326 e. The number of nitrogens with two attached hydrogens (primary N) is 1. The molecule has 21 heavy (non-hydrogen) atoms. The fourth-order valence-corrected chi connectivity index (χ4v) is 1.47. The lowest BCUT2D eigenvalue weighted by atomic mass is 10.1. The van der Waals surface area contributed by atoms with Crippen molar-refractivity contribution < 1.29 is 29.0 Å². The van der Waals surface area contributed by atoms with E-state index in [1.165, 1.54) is 19.1 Å². The van der Waals surface area contributed by atoms with Crippen LogP contribution in [0.4, 0.5) is 4.79 Å². The van der Waals surface area contributed by atoms with E-state index in [2.05, 4.69) is 10.1 Å². The number of methoxy groups -OCH3 is 1. The van der Waals surface area contributed by atoms with Gasteiger partial charge in [-0.3, -0.25) is 9.59 Å². The molecule has 0 radical (unpaired) electrons. The van der Waals surface area contributed by atoms with E-state index in [1.807, 2.05) is 0 Å². The maximum atomic E-state index is 11.8. The van der Waals surface area contributed by atoms with Crippen molar-refractivity contribution in [2.24, 2.45) is 5.73 Å². The van der Waals surface area contributed by atoms with Crippen molar-refractivity contribution >= 4 is 23.9 Å². The molecule has 0 rings (SSSR count). The van der Waals surface area contributed by atoms with Gasteiger partial charge in [0.15, 0.2) is 0 Å². The Hall–Kier alpha value is -2.32. The lowest BCUT2D eigenvalue weighted by Gasteiger charge is -2.21. The van der Waals surface area contributed by atoms with Crippen LogP contribution in [0.2, 0.25) is 0 Å². The highest BCUT2D eigenvalue weighted by molar-refractivity contribution is 5.83. The van der Waals surface area contributed by atoms with Crippen molar-refractivity contribution in [1.82, 2.24) is 10.2 Å². The molecule has 3 amide bonds. The van der Waals surface area contributed by atoms with Crippen molar-refractivity contribution in [3.8, 4) is 0 Å². The Balaban J connectivity index is 4.24. The number of carbonyl (C=O) groups is 4. The normalized spacial score (nSPS) is 11.3. The number of amides is 3. The number of carboxylic acids is 1. The lowest BCUT2D eigenvalue weighted by molar-refractivity contribution is -0.141. The number of rotatable bonds is 9. The molecule has 0 aliphatic carbocycles. The van der Waals surface area contributed by atoms with Gasteiger partial charge >= 0.3 is 18.0 Å². The molecule has 0 spiro atoms. The van der Waals surface area contributed by atoms with Gasteiger partial charge in [-0.15, -0.1) is 0 Å². The second kappa shape index (κ2) is 9.56. The van der Waals surface area contributed by atoms with Crippen LogP contribution < -0.4 is 11.1 Å². The molecule has 0 saturated carbocycles. The average Bonchev–Trinajstić information content (AvgIpc) is 2.41. The molecule has 0 aromatic rings. The van der Waals surface area contributed by atoms with E-state index >= 15 is 0 Å². The largest absolute Gasteiger partial charge is 0.480 e. The number of primary amides is 1. The molecule has 0 aliphatic heterocycles. The van der Waals surface area contributed by atoms with Gasteiger partial charge in [0, 0.05) is 26.4 Å². The maximum Gasteiger partial charge on any atom is 0.326 e. The Morgan fingerprint density at radius 3 is 2.38 bits per heavy atom. The molecule has 120 valence electrons. The third-order valence-corrected chi connectivity index (χ3v) is 2.72. The van der Waals surface area contributed by atoms with Crippen molar-refractivity contribution in [3.63, 3.8) is 0 Å². The summed E-state index contributed by atoms with van der Waals surface area (Å²) in [6.07, 6.45) is 0.351. The van der Waals surface area contributed by atoms with Crippen LogP contribution in [-0.4, -0.2) is 60.6 Å². The maximum absolute atomic E-state index is 11.8. The number of nitrogens with one attached hydrogen (secondary N) is 1. The third-order valence-electron chi connectivity index (χ3n) is 2.72. The van der Waals surface area contributed by atoms with E-state index in [9.17, 15) is 19.2 Å². The predicted molar refractivity (Wildman–Crippen MR) is 72.3 cm³/mol. The Bertz CT molecular complexity index is 398. The summed E-state index contributed by atoms with van der Waals surface area (Å²) < 4.78 is 4.46. The van der Waals surface area contributed by atoms with E-state index in [1.54, 1.807) is 0 Å². The molecule has 9 heteroatoms. The zero-order chi connectivity index (χ0) is 16.4. The molecular weight excluding hydrogens is 282 g/mol. The molecule has 0 saturated heterocycles. The summed E-state index contributed by atoms with van der Waals surface area (Å²) in [5.74, 6) is -2.26. The third kappa shape index (κ3) is 8.45. The van der Waals surface area contributed by atoms with Gasteiger partial charge in [-0.25, -0.2) is 9.59 Å². The van der Waals surface area contributed by atoms with E-state index in [-0.39, 0.29) is 31.8 Å². The van der Waals surface area contributed by atoms with E-state index in [0.717, 1.165) is 0 Å². The first-order valence-electron chi connectivity index (χ1n) is 6.37. The Kier molecular flexibility index (Phi) is 8.51. The van der Waals surface area contributed by atoms with Crippen LogP contribution in [-0.2, 0) is 19.1 Å². The molecule has 0 aliphatic rings. The highest BCUT2D eigenvalue weighted by Crippen LogP contribution is 2.00. The standard InChI is InChI=1S/C12H21N3O6/c1-15(7-3-4-10(17)21-2)12(20)14-8(11(18)19)5-6-9(13)16/h8H,3-7H2,1-2H3,(H2,13,16)(H,14,20)(H,18,19)/t8-/m1/s1. The summed E-state index contributed by atoms with van der Waals surface area (Å²) >= 11 is 0. The highest BCUT2D eigenvalue weighted by atomic mass is 16.5. The van der Waals surface area contributed by atoms with Gasteiger partial charge in [0.1, 0.15) is 6.04 Å². The monoisotopic (exact) mass is 303 g/mol. The van der Waals surface area contributed by atoms with Crippen LogP contribution in [0.5, 0.6) is 0 Å². The molecule has 9 nitrogen and oxygen atoms in total. The van der Waals surface area contributed by atoms with Crippen molar-refractivity contribution in [3.05, 3.63) is 0 Å². The topological polar surface area (TPSA) is 139 Å². The number of aliphatic carboxylic acids is 1. The molecular formula is C12H21N3O6. The highest BCUT2D eigenvalue weighted by Gasteiger charge is 2.22. The van der Waals surface area contributed by atoms with Gasteiger partial charge < -0.3 is 25.8 Å². The first kappa shape index (κ1) is 18.7. The summed E-state index contributed by atoms with van der Waals surface area (Å²) in [4.78, 5) is 45.5. The van der Waals surface area contributed by atoms with Crippen molar-refractivity contribution in [1.29, 1.82) is 0 Å². The predicted octanol–water partition coefficient (Wildman–Crippen LogP) is -0.700. The number of esters is 1. The average molecular weight is 303 g/mol. The summed E-state index contributed by atoms with van der Waals surface area (Å²) in [5, 5.41) is 11.2. The van der Waals surface area contributed by atoms with Crippen LogP contribution >= 0.6 is 0 Å². The van der Waals surface area contributed by atoms with Crippen LogP contribution in [0.1, 0.15) is 25.7 Å². The summed E-state index contributed by atoms with van der Waals surface area (Å²) in [5.41, 5.74) is 4.94. The zero-order valence-corrected chi connectivity index (χ0v) is 12.1. The number of carbonyl (C=O) groups excluding carboxylic acids is 3. The minimum atomic E-state index is -1.24. The SMILES string of the molecule is COC(=O)CCCN(C)C(=O)N[C@H](CCC(N)=O)C(=O)O. The van der Waals surface area contributed by atoms with Crippen LogP contribution in [0.3, 0.4) is 0 Å². The molecule has 0 bridgehead atoms. The number of carboxylic acid groups (broad SMARTS) is 1. The van der Waals surface area contributed by atoms with E-state index in [4.69, 9.17) is 10.8 Å². The van der Waals surface area contributed by atoms with E-state index in [0.29, 0.717) is 6.42 Å². The Morgan fingerprint density at radius 1 is 1.29 bits per heavy atom. The minimum absolute atomic E-state index is 0.0770. The second-order valence-electron chi connectivity index (χ2n) is 4.45. The van der Waals surface area contributed by atoms with Gasteiger partial charge in [-0.2, -0.15) is 0 Å². The van der Waals surface area contributed by atoms with Gasteiger partial charge in [0.25, 0.3) is 0 Å². The molecule has 0 heterocycles. The molecule has 0 fully saturated rings. The minimum Gasteiger partial charge on any atom is -0.480 e. The Labute approximate surface area is 122 Å². The zero-order valence-electron chi connectivity index (χ0n) is 12.1. The molecule has 4 N–H and O–H groups in total. The van der Waals surface area contributed by atoms with Gasteiger partial charge in [-0.05, 0) is 12.8 Å². The van der Waals surface area contributed by atoms with Crippen LogP contribution in [0.25, 0.3) is 0 Å². The molecule has 1 atom stereocenters. The first-order chi connectivity index (χ1) is 9.77. The number of hydrogen-bond acceptors (Lipinski definition) is 5. The summed E-state index contributed by atoms with van der Waals surface area (Å²) in [6, 6.07) is -1.79. The first-order valence-corrected chi connectivity index (χ1v) is 6.37. The fraction of sp³-hybridized carbons (Fsp3) is 0.667. The number of hydrogen-bond donors (Lipinski definition) is 3. The summed E-state index contributed by atoms with van der Waals surface area (Å²) in [7, 11) is 2.74. The van der Waals surface area contributed by atoms with E-state index < -0.39 is 23.9 Å². The van der Waals surface area contributed by atoms with Gasteiger partial charge in [-0.1, -0.05) is 0 Å². The Morgan fingerprint density at radius 2 is 1.90 bits per heavy atom. The van der Waals surface area contributed by atoms with Crippen LogP contribution in [0, 0.1) is 0 Å². The lowest BCUT2D eigenvalue weighted by Crippen LogP contribution is -2.47. The van der Waals surface area contributed by atoms with Gasteiger partial charge in [0.05, 0.1) is 7.11 Å². The number of ether oxygens (including phenoxy) is 1. The second-order valence-corrected chi connectivity index (χ2v) is 4.45. The van der Waals surface area contributed by atoms with Crippen LogP contribution in [0.15, 0.2) is 0 Å². The molecule has 0 aromatic heterocycles.